The highest BCUT2D eigenvalue weighted by atomic mass is 16.5. The minimum atomic E-state index is 0.601. The molecule has 1 aliphatic rings. The van der Waals surface area contributed by atoms with Gasteiger partial charge in [0.15, 0.2) is 5.82 Å². The number of anilines is 1. The highest BCUT2D eigenvalue weighted by molar-refractivity contribution is 5.65. The Labute approximate surface area is 119 Å². The van der Waals surface area contributed by atoms with E-state index in [1.807, 2.05) is 24.3 Å². The van der Waals surface area contributed by atoms with E-state index in [1.54, 1.807) is 7.11 Å². The molecule has 0 radical (unpaired) electrons. The van der Waals surface area contributed by atoms with Gasteiger partial charge in [0.2, 0.25) is 0 Å². The van der Waals surface area contributed by atoms with Crippen LogP contribution in [0.2, 0.25) is 0 Å². The van der Waals surface area contributed by atoms with E-state index in [0.29, 0.717) is 5.92 Å². The number of hydrogen-bond acceptors (Lipinski definition) is 4. The zero-order valence-electron chi connectivity index (χ0n) is 11.9. The Kier molecular flexibility index (Phi) is 3.54. The molecule has 104 valence electrons. The van der Waals surface area contributed by atoms with Crippen LogP contribution in [0.1, 0.15) is 31.4 Å². The van der Waals surface area contributed by atoms with E-state index in [-0.39, 0.29) is 0 Å². The van der Waals surface area contributed by atoms with Crippen LogP contribution in [0.5, 0.6) is 5.75 Å². The van der Waals surface area contributed by atoms with Crippen molar-refractivity contribution in [2.45, 2.75) is 25.7 Å². The summed E-state index contributed by atoms with van der Waals surface area (Å²) in [7, 11) is 1.68. The molecule has 4 heteroatoms. The average Bonchev–Trinajstić information content (AvgIpc) is 3.32. The van der Waals surface area contributed by atoms with Gasteiger partial charge in [-0.15, -0.1) is 0 Å². The second kappa shape index (κ2) is 5.49. The average molecular weight is 269 g/mol. The summed E-state index contributed by atoms with van der Waals surface area (Å²) in [6.07, 6.45) is 2.46. The van der Waals surface area contributed by atoms with Crippen LogP contribution >= 0.6 is 0 Å². The maximum atomic E-state index is 5.42. The Morgan fingerprint density at radius 3 is 2.75 bits per heavy atom. The summed E-state index contributed by atoms with van der Waals surface area (Å²) in [5, 5.41) is 3.29. The summed E-state index contributed by atoms with van der Waals surface area (Å²) >= 11 is 0. The number of hydrogen-bond donors (Lipinski definition) is 1. The Hall–Kier alpha value is -2.10. The maximum absolute atomic E-state index is 5.42. The molecule has 0 aliphatic heterocycles. The van der Waals surface area contributed by atoms with Gasteiger partial charge in [-0.25, -0.2) is 9.97 Å². The lowest BCUT2D eigenvalue weighted by Gasteiger charge is -2.11. The van der Waals surface area contributed by atoms with Crippen molar-refractivity contribution in [3.05, 3.63) is 36.0 Å². The number of ether oxygens (including phenoxy) is 1. The molecule has 2 aromatic rings. The van der Waals surface area contributed by atoms with Crippen LogP contribution in [-0.2, 0) is 0 Å². The van der Waals surface area contributed by atoms with Crippen molar-refractivity contribution in [1.29, 1.82) is 0 Å². The zero-order valence-corrected chi connectivity index (χ0v) is 11.9. The Morgan fingerprint density at radius 2 is 2.05 bits per heavy atom. The molecule has 0 amide bonds. The van der Waals surface area contributed by atoms with Crippen molar-refractivity contribution in [2.24, 2.45) is 0 Å². The normalized spacial score (nSPS) is 14.1. The predicted molar refractivity (Wildman–Crippen MR) is 80.2 cm³/mol. The summed E-state index contributed by atoms with van der Waals surface area (Å²) in [5.41, 5.74) is 2.08. The van der Waals surface area contributed by atoms with Gasteiger partial charge in [-0.2, -0.15) is 0 Å². The van der Waals surface area contributed by atoms with Crippen LogP contribution in [0.25, 0.3) is 11.4 Å². The lowest BCUT2D eigenvalue weighted by Crippen LogP contribution is -2.04. The largest absolute Gasteiger partial charge is 0.496 e. The highest BCUT2D eigenvalue weighted by Crippen LogP contribution is 2.40. The van der Waals surface area contributed by atoms with Crippen LogP contribution in [0.3, 0.4) is 0 Å². The third-order valence-corrected chi connectivity index (χ3v) is 3.45. The van der Waals surface area contributed by atoms with Gasteiger partial charge in [0.25, 0.3) is 0 Å². The third kappa shape index (κ3) is 2.59. The van der Waals surface area contributed by atoms with Gasteiger partial charge in [0.05, 0.1) is 12.7 Å². The van der Waals surface area contributed by atoms with Gasteiger partial charge in [-0.1, -0.05) is 12.1 Å². The molecule has 1 aliphatic carbocycles. The van der Waals surface area contributed by atoms with E-state index in [0.717, 1.165) is 35.2 Å². The first kappa shape index (κ1) is 12.9. The molecule has 0 unspecified atom stereocenters. The zero-order chi connectivity index (χ0) is 13.9. The molecule has 1 aromatic heterocycles. The number of para-hydroxylation sites is 1. The van der Waals surface area contributed by atoms with E-state index >= 15 is 0 Å². The summed E-state index contributed by atoms with van der Waals surface area (Å²) in [4.78, 5) is 9.34. The number of rotatable bonds is 5. The van der Waals surface area contributed by atoms with Crippen molar-refractivity contribution in [1.82, 2.24) is 9.97 Å². The minimum absolute atomic E-state index is 0.601. The van der Waals surface area contributed by atoms with Gasteiger partial charge in [0, 0.05) is 24.2 Å². The first-order valence-electron chi connectivity index (χ1n) is 7.08. The second-order valence-electron chi connectivity index (χ2n) is 5.01. The number of methoxy groups -OCH3 is 1. The van der Waals surface area contributed by atoms with Crippen molar-refractivity contribution >= 4 is 5.82 Å². The fourth-order valence-corrected chi connectivity index (χ4v) is 2.28. The van der Waals surface area contributed by atoms with Gasteiger partial charge in [-0.3, -0.25) is 0 Å². The van der Waals surface area contributed by atoms with Gasteiger partial charge in [-0.05, 0) is 31.9 Å². The molecule has 0 spiro atoms. The molecule has 1 heterocycles. The number of nitrogens with zero attached hydrogens (tertiary/aromatic N) is 2. The maximum Gasteiger partial charge on any atom is 0.165 e. The third-order valence-electron chi connectivity index (χ3n) is 3.45. The van der Waals surface area contributed by atoms with Crippen molar-refractivity contribution in [3.8, 4) is 17.1 Å². The summed E-state index contributed by atoms with van der Waals surface area (Å²) in [6.45, 7) is 2.92. The van der Waals surface area contributed by atoms with Crippen LogP contribution in [-0.4, -0.2) is 23.6 Å². The van der Waals surface area contributed by atoms with Crippen LogP contribution in [0.4, 0.5) is 5.82 Å². The summed E-state index contributed by atoms with van der Waals surface area (Å²) in [6, 6.07) is 9.95. The number of aromatic nitrogens is 2. The van der Waals surface area contributed by atoms with Crippen molar-refractivity contribution < 1.29 is 4.74 Å². The fourth-order valence-electron chi connectivity index (χ4n) is 2.28. The SMILES string of the molecule is CCNc1cc(C2CC2)nc(-c2ccccc2OC)n1. The predicted octanol–water partition coefficient (Wildman–Crippen LogP) is 3.46. The first-order valence-corrected chi connectivity index (χ1v) is 7.08. The molecule has 3 rings (SSSR count). The number of nitrogens with one attached hydrogen (secondary N) is 1. The van der Waals surface area contributed by atoms with Crippen molar-refractivity contribution in [3.63, 3.8) is 0 Å². The van der Waals surface area contributed by atoms with Gasteiger partial charge in [0.1, 0.15) is 11.6 Å². The minimum Gasteiger partial charge on any atom is -0.496 e. The molecule has 20 heavy (non-hydrogen) atoms. The molecular formula is C16H19N3O. The Morgan fingerprint density at radius 1 is 1.25 bits per heavy atom. The Bertz CT molecular complexity index is 608. The molecule has 1 aromatic carbocycles. The standard InChI is InChI=1S/C16H19N3O/c1-3-17-15-10-13(11-8-9-11)18-16(19-15)12-6-4-5-7-14(12)20-2/h4-7,10-11H,3,8-9H2,1-2H3,(H,17,18,19). The van der Waals surface area contributed by atoms with Crippen LogP contribution < -0.4 is 10.1 Å². The molecule has 1 N–H and O–H groups in total. The second-order valence-corrected chi connectivity index (χ2v) is 5.01. The Balaban J connectivity index is 2.07. The van der Waals surface area contributed by atoms with E-state index in [4.69, 9.17) is 9.72 Å². The van der Waals surface area contributed by atoms with E-state index in [9.17, 15) is 0 Å². The summed E-state index contributed by atoms with van der Waals surface area (Å²) < 4.78 is 5.42. The highest BCUT2D eigenvalue weighted by Gasteiger charge is 2.26. The molecule has 1 saturated carbocycles. The molecule has 0 atom stereocenters. The van der Waals surface area contributed by atoms with E-state index in [2.05, 4.69) is 23.3 Å². The molecule has 4 nitrogen and oxygen atoms in total. The topological polar surface area (TPSA) is 47.0 Å². The number of benzene rings is 1. The molecular weight excluding hydrogens is 250 g/mol. The van der Waals surface area contributed by atoms with Gasteiger partial charge < -0.3 is 10.1 Å². The molecule has 0 saturated heterocycles. The quantitative estimate of drug-likeness (QED) is 0.903. The molecule has 1 fully saturated rings. The van der Waals surface area contributed by atoms with Crippen LogP contribution in [0.15, 0.2) is 30.3 Å². The molecule has 0 bridgehead atoms. The fraction of sp³-hybridized carbons (Fsp3) is 0.375. The van der Waals surface area contributed by atoms with E-state index < -0.39 is 0 Å². The monoisotopic (exact) mass is 269 g/mol. The van der Waals surface area contributed by atoms with Crippen molar-refractivity contribution in [2.75, 3.05) is 19.0 Å². The first-order chi connectivity index (χ1) is 9.81. The lowest BCUT2D eigenvalue weighted by atomic mass is 10.1. The summed E-state index contributed by atoms with van der Waals surface area (Å²) in [5.74, 6) is 3.04. The van der Waals surface area contributed by atoms with Gasteiger partial charge >= 0.3 is 0 Å². The lowest BCUT2D eigenvalue weighted by molar-refractivity contribution is 0.416. The van der Waals surface area contributed by atoms with E-state index in [1.165, 1.54) is 12.8 Å². The smallest absolute Gasteiger partial charge is 0.165 e. The van der Waals surface area contributed by atoms with Crippen LogP contribution in [0, 0.1) is 0 Å².